The van der Waals surface area contributed by atoms with Crippen LogP contribution in [0.2, 0.25) is 0 Å². The van der Waals surface area contributed by atoms with Crippen molar-refractivity contribution in [3.8, 4) is 17.1 Å². The lowest BCUT2D eigenvalue weighted by atomic mass is 10.1. The molecule has 0 radical (unpaired) electrons. The summed E-state index contributed by atoms with van der Waals surface area (Å²) in [6.07, 6.45) is 5.80. The van der Waals surface area contributed by atoms with Gasteiger partial charge >= 0.3 is 0 Å². The Bertz CT molecular complexity index is 696. The summed E-state index contributed by atoms with van der Waals surface area (Å²) >= 11 is 0. The lowest BCUT2D eigenvalue weighted by Gasteiger charge is -2.18. The number of hydrogen-bond donors (Lipinski definition) is 2. The second-order valence-corrected chi connectivity index (χ2v) is 5.49. The van der Waals surface area contributed by atoms with Crippen LogP contribution in [0.4, 0.5) is 5.69 Å². The summed E-state index contributed by atoms with van der Waals surface area (Å²) < 4.78 is 0. The van der Waals surface area contributed by atoms with Crippen LogP contribution in [0, 0.1) is 5.92 Å². The summed E-state index contributed by atoms with van der Waals surface area (Å²) in [5.74, 6) is 1.37. The molecule has 1 saturated heterocycles. The van der Waals surface area contributed by atoms with Gasteiger partial charge in [0.1, 0.15) is 5.75 Å². The molecular formula is C16H16N4O. The maximum absolute atomic E-state index is 9.85. The third kappa shape index (κ3) is 2.11. The van der Waals surface area contributed by atoms with Gasteiger partial charge in [-0.05, 0) is 23.9 Å². The number of anilines is 1. The van der Waals surface area contributed by atoms with Crippen LogP contribution in [-0.2, 0) is 0 Å². The first kappa shape index (κ1) is 12.2. The number of para-hydroxylation sites is 1. The number of phenols is 1. The molecule has 1 aromatic carbocycles. The highest BCUT2D eigenvalue weighted by Gasteiger charge is 2.30. The van der Waals surface area contributed by atoms with Crippen LogP contribution in [-0.4, -0.2) is 34.7 Å². The minimum absolute atomic E-state index is 0.206. The molecule has 106 valence electrons. The molecule has 0 bridgehead atoms. The van der Waals surface area contributed by atoms with E-state index >= 15 is 0 Å². The van der Waals surface area contributed by atoms with Crippen LogP contribution >= 0.6 is 0 Å². The van der Waals surface area contributed by atoms with E-state index in [1.165, 1.54) is 5.57 Å². The van der Waals surface area contributed by atoms with Crippen molar-refractivity contribution < 1.29 is 5.11 Å². The molecular weight excluding hydrogens is 264 g/mol. The van der Waals surface area contributed by atoms with Crippen LogP contribution in [0.25, 0.3) is 11.4 Å². The predicted molar refractivity (Wildman–Crippen MR) is 80.9 cm³/mol. The zero-order valence-corrected chi connectivity index (χ0v) is 11.5. The van der Waals surface area contributed by atoms with Crippen molar-refractivity contribution in [2.75, 3.05) is 24.5 Å². The molecule has 4 rings (SSSR count). The molecule has 1 fully saturated rings. The minimum Gasteiger partial charge on any atom is -0.507 e. The van der Waals surface area contributed by atoms with E-state index in [2.05, 4.69) is 26.4 Å². The van der Waals surface area contributed by atoms with Crippen molar-refractivity contribution in [2.45, 2.75) is 0 Å². The van der Waals surface area contributed by atoms with Gasteiger partial charge in [0.15, 0.2) is 5.82 Å². The fourth-order valence-electron chi connectivity index (χ4n) is 2.97. The molecule has 3 heterocycles. The molecule has 0 spiro atoms. The number of aromatic hydroxyl groups is 1. The maximum atomic E-state index is 9.85. The zero-order chi connectivity index (χ0) is 14.2. The van der Waals surface area contributed by atoms with Crippen LogP contribution in [0.3, 0.4) is 0 Å². The monoisotopic (exact) mass is 280 g/mol. The largest absolute Gasteiger partial charge is 0.507 e. The molecule has 1 unspecified atom stereocenters. The molecule has 5 heteroatoms. The van der Waals surface area contributed by atoms with Crippen molar-refractivity contribution in [1.29, 1.82) is 0 Å². The fraction of sp³-hybridized carbons (Fsp3) is 0.250. The lowest BCUT2D eigenvalue weighted by molar-refractivity contribution is 0.477. The van der Waals surface area contributed by atoms with Gasteiger partial charge in [-0.15, -0.1) is 0 Å². The zero-order valence-electron chi connectivity index (χ0n) is 11.5. The number of rotatable bonds is 2. The van der Waals surface area contributed by atoms with Crippen molar-refractivity contribution in [3.63, 3.8) is 0 Å². The van der Waals surface area contributed by atoms with Gasteiger partial charge in [0.2, 0.25) is 0 Å². The number of phenolic OH excluding ortho intramolecular Hbond substituents is 1. The number of nitrogens with zero attached hydrogens (tertiary/aromatic N) is 3. The Labute approximate surface area is 123 Å². The molecule has 0 amide bonds. The van der Waals surface area contributed by atoms with E-state index in [0.717, 1.165) is 25.3 Å². The Morgan fingerprint density at radius 3 is 2.76 bits per heavy atom. The van der Waals surface area contributed by atoms with E-state index in [-0.39, 0.29) is 5.75 Å². The smallest absolute Gasteiger partial charge is 0.163 e. The summed E-state index contributed by atoms with van der Waals surface area (Å²) in [5, 5.41) is 13.1. The SMILES string of the molecule is Oc1ccccc1-c1ncc(N2CC3=CNCC3C2)cn1. The number of benzene rings is 1. The van der Waals surface area contributed by atoms with Crippen LogP contribution in [0.1, 0.15) is 0 Å². The van der Waals surface area contributed by atoms with Crippen LogP contribution < -0.4 is 10.2 Å². The Morgan fingerprint density at radius 1 is 1.19 bits per heavy atom. The van der Waals surface area contributed by atoms with Crippen molar-refractivity contribution in [2.24, 2.45) is 5.92 Å². The quantitative estimate of drug-likeness (QED) is 0.878. The lowest BCUT2D eigenvalue weighted by Crippen LogP contribution is -2.23. The van der Waals surface area contributed by atoms with Gasteiger partial charge in [-0.2, -0.15) is 0 Å². The van der Waals surface area contributed by atoms with Gasteiger partial charge in [-0.1, -0.05) is 12.1 Å². The normalized spacial score (nSPS) is 20.1. The van der Waals surface area contributed by atoms with E-state index in [1.54, 1.807) is 12.1 Å². The second-order valence-electron chi connectivity index (χ2n) is 5.49. The third-order valence-corrected chi connectivity index (χ3v) is 4.14. The molecule has 2 aliphatic heterocycles. The molecule has 5 nitrogen and oxygen atoms in total. The summed E-state index contributed by atoms with van der Waals surface area (Å²) in [4.78, 5) is 11.1. The average molecular weight is 280 g/mol. The minimum atomic E-state index is 0.206. The van der Waals surface area contributed by atoms with Gasteiger partial charge in [0, 0.05) is 25.6 Å². The average Bonchev–Trinajstić information content (AvgIpc) is 3.09. The molecule has 0 aliphatic carbocycles. The van der Waals surface area contributed by atoms with Crippen molar-refractivity contribution in [1.82, 2.24) is 15.3 Å². The van der Waals surface area contributed by atoms with Crippen molar-refractivity contribution >= 4 is 5.69 Å². The number of nitrogens with one attached hydrogen (secondary N) is 1. The highest BCUT2D eigenvalue weighted by Crippen LogP contribution is 2.30. The van der Waals surface area contributed by atoms with E-state index in [4.69, 9.17) is 0 Å². The molecule has 2 aliphatic rings. The fourth-order valence-corrected chi connectivity index (χ4v) is 2.97. The summed E-state index contributed by atoms with van der Waals surface area (Å²) in [6.45, 7) is 2.98. The molecule has 21 heavy (non-hydrogen) atoms. The summed E-state index contributed by atoms with van der Waals surface area (Å²) in [7, 11) is 0. The topological polar surface area (TPSA) is 61.3 Å². The molecule has 2 N–H and O–H groups in total. The van der Waals surface area contributed by atoms with E-state index < -0.39 is 0 Å². The Balaban J connectivity index is 1.59. The summed E-state index contributed by atoms with van der Waals surface area (Å²) in [6, 6.07) is 7.13. The van der Waals surface area contributed by atoms with Gasteiger partial charge in [-0.3, -0.25) is 0 Å². The second kappa shape index (κ2) is 4.77. The first-order chi connectivity index (χ1) is 10.3. The number of hydrogen-bond acceptors (Lipinski definition) is 5. The standard InChI is InChI=1S/C16H16N4O/c21-15-4-2-1-3-14(15)16-18-7-13(8-19-16)20-9-11-5-17-6-12(11)10-20/h1-5,7-8,12,17,21H,6,9-10H2. The molecule has 0 saturated carbocycles. The highest BCUT2D eigenvalue weighted by molar-refractivity contribution is 5.64. The molecule has 2 aromatic rings. The number of fused-ring (bicyclic) bond motifs is 1. The van der Waals surface area contributed by atoms with Gasteiger partial charge in [0.05, 0.1) is 23.6 Å². The van der Waals surface area contributed by atoms with Gasteiger partial charge in [-0.25, -0.2) is 9.97 Å². The predicted octanol–water partition coefficient (Wildman–Crippen LogP) is 1.77. The Morgan fingerprint density at radius 2 is 2.00 bits per heavy atom. The van der Waals surface area contributed by atoms with Gasteiger partial charge < -0.3 is 15.3 Å². The highest BCUT2D eigenvalue weighted by atomic mass is 16.3. The van der Waals surface area contributed by atoms with E-state index in [1.807, 2.05) is 24.5 Å². The van der Waals surface area contributed by atoms with Crippen LogP contribution in [0.5, 0.6) is 5.75 Å². The van der Waals surface area contributed by atoms with Crippen molar-refractivity contribution in [3.05, 3.63) is 48.4 Å². The van der Waals surface area contributed by atoms with Crippen LogP contribution in [0.15, 0.2) is 48.4 Å². The molecule has 1 atom stereocenters. The Kier molecular flexibility index (Phi) is 2.77. The van der Waals surface area contributed by atoms with Gasteiger partial charge in [0.25, 0.3) is 0 Å². The Hall–Kier alpha value is -2.56. The van der Waals surface area contributed by atoms with E-state index in [9.17, 15) is 5.11 Å². The summed E-state index contributed by atoms with van der Waals surface area (Å²) in [5.41, 5.74) is 3.15. The van der Waals surface area contributed by atoms with E-state index in [0.29, 0.717) is 17.3 Å². The molecule has 1 aromatic heterocycles. The number of aromatic nitrogens is 2. The third-order valence-electron chi connectivity index (χ3n) is 4.14. The first-order valence-corrected chi connectivity index (χ1v) is 7.09. The first-order valence-electron chi connectivity index (χ1n) is 7.09. The maximum Gasteiger partial charge on any atom is 0.163 e.